The fourth-order valence-electron chi connectivity index (χ4n) is 3.51. The molecule has 1 aromatic rings. The molecule has 16 heteroatoms. The molecule has 180 valence electrons. The van der Waals surface area contributed by atoms with Gasteiger partial charge in [0.2, 0.25) is 0 Å². The Morgan fingerprint density at radius 1 is 1.38 bits per heavy atom. The zero-order valence-electron chi connectivity index (χ0n) is 17.6. The van der Waals surface area contributed by atoms with E-state index in [1.807, 2.05) is 0 Å². The molecule has 14 nitrogen and oxygen atoms in total. The number of fused-ring (bicyclic) bond motifs is 1. The molecule has 0 bridgehead atoms. The lowest BCUT2D eigenvalue weighted by molar-refractivity contribution is -0.150. The number of H-pyrrole nitrogens is 1. The second-order valence-corrected chi connectivity index (χ2v) is 9.29. The summed E-state index contributed by atoms with van der Waals surface area (Å²) in [6.45, 7) is 1.53. The van der Waals surface area contributed by atoms with Crippen LogP contribution in [0.1, 0.15) is 12.6 Å². The van der Waals surface area contributed by atoms with E-state index in [0.717, 1.165) is 21.2 Å². The van der Waals surface area contributed by atoms with E-state index in [2.05, 4.69) is 20.7 Å². The minimum absolute atomic E-state index is 0.0617. The van der Waals surface area contributed by atoms with Crippen molar-refractivity contribution in [3.05, 3.63) is 27.1 Å². The highest BCUT2D eigenvalue weighted by Gasteiger charge is 2.54. The lowest BCUT2D eigenvalue weighted by Gasteiger charge is -2.49. The highest BCUT2D eigenvalue weighted by Crippen LogP contribution is 2.40. The summed E-state index contributed by atoms with van der Waals surface area (Å²) in [5, 5.41) is 28.4. The van der Waals surface area contributed by atoms with Gasteiger partial charge in [-0.3, -0.25) is 24.7 Å². The Bertz CT molecular complexity index is 1200. The molecule has 0 aliphatic carbocycles. The maximum absolute atomic E-state index is 13.1. The number of carboxylic acid groups (broad SMARTS) is 1. The molecular weight excluding hydrogens is 490 g/mol. The van der Waals surface area contributed by atoms with Gasteiger partial charge < -0.3 is 25.5 Å². The van der Waals surface area contributed by atoms with Crippen LogP contribution in [-0.2, 0) is 23.9 Å². The third-order valence-corrected chi connectivity index (χ3v) is 7.09. The first-order valence-electron chi connectivity index (χ1n) is 9.88. The normalized spacial score (nSPS) is 22.2. The number of nitrogens with one attached hydrogen (secondary N) is 4. The molecule has 5 N–H and O–H groups in total. The molecule has 0 spiro atoms. The van der Waals surface area contributed by atoms with Gasteiger partial charge in [-0.15, -0.1) is 23.1 Å². The first kappa shape index (κ1) is 23.5. The fourth-order valence-corrected chi connectivity index (χ4v) is 5.41. The number of carboxylic acids is 1. The summed E-state index contributed by atoms with van der Waals surface area (Å²) in [6, 6.07) is -1.52. The van der Waals surface area contributed by atoms with Crippen molar-refractivity contribution >= 4 is 58.6 Å². The van der Waals surface area contributed by atoms with Crippen molar-refractivity contribution in [3.8, 4) is 0 Å². The Morgan fingerprint density at radius 2 is 2.15 bits per heavy atom. The van der Waals surface area contributed by atoms with Crippen LogP contribution in [0.2, 0.25) is 0 Å². The number of thioether (sulfide) groups is 1. The van der Waals surface area contributed by atoms with Crippen LogP contribution in [0, 0.1) is 5.41 Å². The number of carbonyl (C=O) groups is 5. The highest BCUT2D eigenvalue weighted by molar-refractivity contribution is 8.00. The highest BCUT2D eigenvalue weighted by atomic mass is 32.2. The summed E-state index contributed by atoms with van der Waals surface area (Å²) < 4.78 is 4.90. The summed E-state index contributed by atoms with van der Waals surface area (Å²) >= 11 is 2.24. The predicted octanol–water partition coefficient (Wildman–Crippen LogP) is -1.41. The Morgan fingerprint density at radius 3 is 2.74 bits per heavy atom. The molecule has 4 amide bonds. The number of amides is 4. The van der Waals surface area contributed by atoms with Gasteiger partial charge in [0.05, 0.1) is 12.2 Å². The zero-order chi connectivity index (χ0) is 24.6. The average Bonchev–Trinajstić information content (AvgIpc) is 3.40. The Balaban J connectivity index is 1.55. The predicted molar refractivity (Wildman–Crippen MR) is 117 cm³/mol. The molecular formula is C18H19N7O7S2. The zero-order valence-corrected chi connectivity index (χ0v) is 19.2. The van der Waals surface area contributed by atoms with E-state index in [4.69, 9.17) is 10.1 Å². The Labute approximate surface area is 199 Å². The minimum atomic E-state index is -1.34. The first-order chi connectivity index (χ1) is 16.2. The monoisotopic (exact) mass is 509 g/mol. The number of thiazole rings is 1. The SMILES string of the molecule is CC(=O)OCC1=C(C(=O)O)N2C(=O)C(NC(=O)C(=NN3CCNC3=O)c3csc(=N)[nH]3)[C@@H]2SC1. The topological polar surface area (TPSA) is 197 Å². The van der Waals surface area contributed by atoms with Crippen LogP contribution in [-0.4, -0.2) is 92.4 Å². The molecule has 2 atom stereocenters. The van der Waals surface area contributed by atoms with E-state index < -0.39 is 41.2 Å². The molecule has 3 aliphatic rings. The summed E-state index contributed by atoms with van der Waals surface area (Å²) in [5.74, 6) is -3.14. The van der Waals surface area contributed by atoms with Crippen LogP contribution in [0.15, 0.2) is 21.8 Å². The number of hydrogen-bond donors (Lipinski definition) is 5. The largest absolute Gasteiger partial charge is 0.477 e. The molecule has 1 aromatic heterocycles. The van der Waals surface area contributed by atoms with E-state index in [0.29, 0.717) is 6.54 Å². The van der Waals surface area contributed by atoms with E-state index >= 15 is 0 Å². The van der Waals surface area contributed by atoms with Gasteiger partial charge in [-0.05, 0) is 0 Å². The molecule has 34 heavy (non-hydrogen) atoms. The van der Waals surface area contributed by atoms with Gasteiger partial charge in [-0.1, -0.05) is 0 Å². The fraction of sp³-hybridized carbons (Fsp3) is 0.389. The number of carbonyl (C=O) groups excluding carboxylic acids is 4. The first-order valence-corrected chi connectivity index (χ1v) is 11.8. The maximum atomic E-state index is 13.1. The van der Waals surface area contributed by atoms with Crippen LogP contribution < -0.4 is 15.4 Å². The van der Waals surface area contributed by atoms with Crippen molar-refractivity contribution in [2.24, 2.45) is 5.10 Å². The van der Waals surface area contributed by atoms with Gasteiger partial charge in [-0.2, -0.15) is 5.10 Å². The van der Waals surface area contributed by atoms with E-state index in [-0.39, 0.29) is 46.4 Å². The second-order valence-electron chi connectivity index (χ2n) is 7.31. The van der Waals surface area contributed by atoms with Crippen LogP contribution in [0.4, 0.5) is 4.79 Å². The van der Waals surface area contributed by atoms with Gasteiger partial charge in [0, 0.05) is 30.2 Å². The van der Waals surface area contributed by atoms with Crippen molar-refractivity contribution < 1.29 is 33.8 Å². The summed E-state index contributed by atoms with van der Waals surface area (Å²) in [6.07, 6.45) is 0. The molecule has 2 saturated heterocycles. The summed E-state index contributed by atoms with van der Waals surface area (Å²) in [5.41, 5.74) is 0.0127. The average molecular weight is 510 g/mol. The van der Waals surface area contributed by atoms with Crippen molar-refractivity contribution in [1.29, 1.82) is 5.41 Å². The number of esters is 1. The smallest absolute Gasteiger partial charge is 0.352 e. The van der Waals surface area contributed by atoms with Crippen molar-refractivity contribution in [2.75, 3.05) is 25.4 Å². The Kier molecular flexibility index (Phi) is 6.43. The van der Waals surface area contributed by atoms with Crippen molar-refractivity contribution in [2.45, 2.75) is 18.3 Å². The molecule has 0 aromatic carbocycles. The second kappa shape index (κ2) is 9.30. The van der Waals surface area contributed by atoms with Gasteiger partial charge in [0.25, 0.3) is 11.8 Å². The third-order valence-electron chi connectivity index (χ3n) is 5.05. The molecule has 3 aliphatic heterocycles. The van der Waals surface area contributed by atoms with Crippen molar-refractivity contribution in [1.82, 2.24) is 25.5 Å². The van der Waals surface area contributed by atoms with E-state index in [9.17, 15) is 29.1 Å². The van der Waals surface area contributed by atoms with E-state index in [1.165, 1.54) is 24.1 Å². The number of aliphatic carboxylic acids is 1. The van der Waals surface area contributed by atoms with E-state index in [1.54, 1.807) is 0 Å². The summed E-state index contributed by atoms with van der Waals surface area (Å²) in [4.78, 5) is 64.5. The minimum Gasteiger partial charge on any atom is -0.477 e. The molecule has 4 heterocycles. The maximum Gasteiger partial charge on any atom is 0.352 e. The third kappa shape index (κ3) is 4.41. The van der Waals surface area contributed by atoms with Crippen LogP contribution in [0.25, 0.3) is 0 Å². The van der Waals surface area contributed by atoms with Gasteiger partial charge in [-0.25, -0.2) is 14.6 Å². The van der Waals surface area contributed by atoms with Crippen LogP contribution in [0.3, 0.4) is 0 Å². The van der Waals surface area contributed by atoms with Crippen LogP contribution >= 0.6 is 23.1 Å². The molecule has 2 fully saturated rings. The number of aromatic nitrogens is 1. The van der Waals surface area contributed by atoms with Gasteiger partial charge >= 0.3 is 18.0 Å². The molecule has 4 rings (SSSR count). The molecule has 0 radical (unpaired) electrons. The number of nitrogens with zero attached hydrogens (tertiary/aromatic N) is 3. The number of hydrogen-bond acceptors (Lipinski definition) is 10. The lowest BCUT2D eigenvalue weighted by Crippen LogP contribution is -2.71. The number of hydrazone groups is 1. The quantitative estimate of drug-likeness (QED) is 0.168. The molecule has 1 unspecified atom stereocenters. The number of aromatic amines is 1. The van der Waals surface area contributed by atoms with Gasteiger partial charge in [0.1, 0.15) is 23.7 Å². The number of β-lactam (4-membered cyclic amide) rings is 1. The Hall–Kier alpha value is -3.66. The summed E-state index contributed by atoms with van der Waals surface area (Å²) in [7, 11) is 0. The standard InChI is InChI=1S/C18H19N7O7S2/c1-7(26)32-4-8-5-33-15-11(14(28)25(15)12(8)16(29)30)22-13(27)10(9-6-34-17(19)21-9)23-24-3-2-20-18(24)31/h6,11,15H,2-5H2,1H3,(H2,19,21)(H,20,31)(H,22,27)(H,29,30)/t11?,15-/m0/s1. The number of rotatable bonds is 7. The molecule has 0 saturated carbocycles. The van der Waals surface area contributed by atoms with Gasteiger partial charge in [0.15, 0.2) is 10.5 Å². The van der Waals surface area contributed by atoms with Crippen molar-refractivity contribution in [3.63, 3.8) is 0 Å². The number of ether oxygens (including phenoxy) is 1. The number of urea groups is 1. The lowest BCUT2D eigenvalue weighted by atomic mass is 10.0. The van der Waals surface area contributed by atoms with Crippen LogP contribution in [0.5, 0.6) is 0 Å².